The molecule has 0 aliphatic carbocycles. The Hall–Kier alpha value is -2.09. The minimum Gasteiger partial charge on any atom is -0.466 e. The van der Waals surface area contributed by atoms with Crippen LogP contribution in [0.3, 0.4) is 0 Å². The summed E-state index contributed by atoms with van der Waals surface area (Å²) in [6, 6.07) is 0.806. The van der Waals surface area contributed by atoms with Crippen LogP contribution in [0.2, 0.25) is 0 Å². The van der Waals surface area contributed by atoms with Crippen LogP contribution in [-0.4, -0.2) is 44.1 Å². The first-order valence-corrected chi connectivity index (χ1v) is 8.29. The number of nitrogens with one attached hydrogen (secondary N) is 2. The second kappa shape index (κ2) is 9.83. The Kier molecular flexibility index (Phi) is 8.10. The number of carbonyl (C=O) groups is 3. The molecule has 2 N–H and O–H groups in total. The number of thiophene rings is 1. The molecule has 1 rings (SSSR count). The number of esters is 2. The van der Waals surface area contributed by atoms with Crippen LogP contribution in [0.1, 0.15) is 36.4 Å². The van der Waals surface area contributed by atoms with E-state index in [4.69, 9.17) is 9.47 Å². The minimum absolute atomic E-state index is 0.0316. The lowest BCUT2D eigenvalue weighted by molar-refractivity contribution is -0.146. The monoisotopic (exact) mass is 342 g/mol. The highest BCUT2D eigenvalue weighted by Crippen LogP contribution is 2.19. The van der Waals surface area contributed by atoms with E-state index in [1.165, 1.54) is 11.3 Å². The Labute approximate surface area is 139 Å². The number of hydrogen-bond acceptors (Lipinski definition) is 7. The molecule has 0 bridgehead atoms. The molecule has 0 spiro atoms. The Balaban J connectivity index is 2.69. The van der Waals surface area contributed by atoms with Crippen LogP contribution in [0.25, 0.3) is 0 Å². The van der Waals surface area contributed by atoms with Crippen LogP contribution < -0.4 is 10.6 Å². The summed E-state index contributed by atoms with van der Waals surface area (Å²) in [6.45, 7) is 3.87. The molecular formula is C15H22N2O5S. The second-order valence-corrected chi connectivity index (χ2v) is 5.48. The lowest BCUT2D eigenvalue weighted by atomic mass is 10.1. The highest BCUT2D eigenvalue weighted by atomic mass is 32.1. The zero-order valence-electron chi connectivity index (χ0n) is 13.5. The van der Waals surface area contributed by atoms with Gasteiger partial charge in [0.05, 0.1) is 18.1 Å². The maximum absolute atomic E-state index is 12.2. The third-order valence-electron chi connectivity index (χ3n) is 2.93. The van der Waals surface area contributed by atoms with E-state index in [2.05, 4.69) is 10.6 Å². The van der Waals surface area contributed by atoms with E-state index in [1.54, 1.807) is 32.3 Å². The highest BCUT2D eigenvalue weighted by Gasteiger charge is 2.24. The lowest BCUT2D eigenvalue weighted by Crippen LogP contribution is -2.42. The van der Waals surface area contributed by atoms with Crippen LogP contribution in [-0.2, 0) is 19.1 Å². The third-order valence-corrected chi connectivity index (χ3v) is 3.86. The van der Waals surface area contributed by atoms with Crippen LogP contribution >= 0.6 is 11.3 Å². The van der Waals surface area contributed by atoms with Gasteiger partial charge < -0.3 is 20.1 Å². The molecule has 1 amide bonds. The summed E-state index contributed by atoms with van der Waals surface area (Å²) in [7, 11) is 1.75. The fourth-order valence-electron chi connectivity index (χ4n) is 1.80. The van der Waals surface area contributed by atoms with Crippen molar-refractivity contribution in [2.24, 2.45) is 0 Å². The number of ether oxygens (including phenoxy) is 2. The predicted octanol–water partition coefficient (Wildman–Crippen LogP) is 1.79. The van der Waals surface area contributed by atoms with Crippen molar-refractivity contribution < 1.29 is 23.9 Å². The molecule has 23 heavy (non-hydrogen) atoms. The summed E-state index contributed by atoms with van der Waals surface area (Å²) in [5.74, 6) is -1.35. The fourth-order valence-corrected chi connectivity index (χ4v) is 2.60. The van der Waals surface area contributed by atoms with Crippen molar-refractivity contribution in [3.8, 4) is 0 Å². The van der Waals surface area contributed by atoms with Crippen molar-refractivity contribution in [2.75, 3.05) is 25.6 Å². The van der Waals surface area contributed by atoms with Gasteiger partial charge in [-0.15, -0.1) is 11.3 Å². The van der Waals surface area contributed by atoms with Crippen molar-refractivity contribution in [3.05, 3.63) is 16.3 Å². The highest BCUT2D eigenvalue weighted by molar-refractivity contribution is 7.12. The van der Waals surface area contributed by atoms with Gasteiger partial charge in [-0.2, -0.15) is 0 Å². The average molecular weight is 342 g/mol. The van der Waals surface area contributed by atoms with Crippen LogP contribution in [0.15, 0.2) is 11.4 Å². The van der Waals surface area contributed by atoms with Gasteiger partial charge in [-0.25, -0.2) is 4.79 Å². The van der Waals surface area contributed by atoms with Crippen molar-refractivity contribution in [2.45, 2.75) is 32.7 Å². The minimum atomic E-state index is -0.882. The van der Waals surface area contributed by atoms with Gasteiger partial charge in [0, 0.05) is 24.5 Å². The van der Waals surface area contributed by atoms with Crippen molar-refractivity contribution >= 4 is 34.9 Å². The summed E-state index contributed by atoms with van der Waals surface area (Å²) < 4.78 is 9.77. The van der Waals surface area contributed by atoms with E-state index < -0.39 is 18.0 Å². The molecule has 0 aliphatic rings. The summed E-state index contributed by atoms with van der Waals surface area (Å²) in [4.78, 5) is 36.1. The van der Waals surface area contributed by atoms with E-state index in [-0.39, 0.29) is 32.0 Å². The smallest absolute Gasteiger partial charge is 0.328 e. The molecule has 0 saturated carbocycles. The summed E-state index contributed by atoms with van der Waals surface area (Å²) >= 11 is 1.26. The summed E-state index contributed by atoms with van der Waals surface area (Å²) in [5.41, 5.74) is 0.819. The molecule has 0 saturated heterocycles. The van der Waals surface area contributed by atoms with Gasteiger partial charge in [0.25, 0.3) is 5.91 Å². The third kappa shape index (κ3) is 6.27. The van der Waals surface area contributed by atoms with Crippen molar-refractivity contribution in [1.29, 1.82) is 0 Å². The van der Waals surface area contributed by atoms with Gasteiger partial charge in [-0.3, -0.25) is 9.59 Å². The van der Waals surface area contributed by atoms with Crippen LogP contribution in [0, 0.1) is 0 Å². The molecule has 8 heteroatoms. The molecule has 128 valence electrons. The molecule has 7 nitrogen and oxygen atoms in total. The summed E-state index contributed by atoms with van der Waals surface area (Å²) in [5, 5.41) is 7.34. The standard InChI is InChI=1S/C15H22N2O5S/c1-4-21-13(18)7-6-11(15(20)22-5-2)17-14(19)12-8-10(16-3)9-23-12/h8-9,11,16H,4-7H2,1-3H3,(H,17,19)/t11-/m0/s1. The topological polar surface area (TPSA) is 93.7 Å². The lowest BCUT2D eigenvalue weighted by Gasteiger charge is -2.16. The number of anilines is 1. The molecule has 1 heterocycles. The summed E-state index contributed by atoms with van der Waals surface area (Å²) in [6.07, 6.45) is 0.164. The average Bonchev–Trinajstić information content (AvgIpc) is 3.00. The van der Waals surface area contributed by atoms with Gasteiger partial charge in [-0.1, -0.05) is 0 Å². The number of rotatable bonds is 9. The molecule has 0 aliphatic heterocycles. The number of hydrogen-bond donors (Lipinski definition) is 2. The number of amides is 1. The Bertz CT molecular complexity index is 544. The van der Waals surface area contributed by atoms with Gasteiger partial charge in [0.2, 0.25) is 0 Å². The van der Waals surface area contributed by atoms with E-state index in [1.807, 2.05) is 0 Å². The van der Waals surface area contributed by atoms with E-state index >= 15 is 0 Å². The molecular weight excluding hydrogens is 320 g/mol. The Morgan fingerprint density at radius 1 is 1.22 bits per heavy atom. The first kappa shape index (κ1) is 19.0. The maximum atomic E-state index is 12.2. The van der Waals surface area contributed by atoms with Gasteiger partial charge in [-0.05, 0) is 26.3 Å². The zero-order chi connectivity index (χ0) is 17.2. The molecule has 1 aromatic heterocycles. The molecule has 1 atom stereocenters. The van der Waals surface area contributed by atoms with E-state index in [0.717, 1.165) is 5.69 Å². The largest absolute Gasteiger partial charge is 0.466 e. The predicted molar refractivity (Wildman–Crippen MR) is 87.6 cm³/mol. The first-order chi connectivity index (χ1) is 11.0. The zero-order valence-corrected chi connectivity index (χ0v) is 14.3. The molecule has 0 aromatic carbocycles. The van der Waals surface area contributed by atoms with Crippen molar-refractivity contribution in [1.82, 2.24) is 5.32 Å². The van der Waals surface area contributed by atoms with Crippen molar-refractivity contribution in [3.63, 3.8) is 0 Å². The molecule has 0 fully saturated rings. The normalized spacial score (nSPS) is 11.4. The molecule has 0 unspecified atom stereocenters. The Morgan fingerprint density at radius 3 is 2.48 bits per heavy atom. The SMILES string of the molecule is CCOC(=O)CC[C@H](NC(=O)c1cc(NC)cs1)C(=O)OCC. The Morgan fingerprint density at radius 2 is 1.91 bits per heavy atom. The first-order valence-electron chi connectivity index (χ1n) is 7.41. The van der Waals surface area contributed by atoms with E-state index in [0.29, 0.717) is 4.88 Å². The van der Waals surface area contributed by atoms with Gasteiger partial charge in [0.15, 0.2) is 0 Å². The van der Waals surface area contributed by atoms with Gasteiger partial charge in [0.1, 0.15) is 6.04 Å². The van der Waals surface area contributed by atoms with Crippen LogP contribution in [0.4, 0.5) is 5.69 Å². The van der Waals surface area contributed by atoms with Crippen LogP contribution in [0.5, 0.6) is 0 Å². The van der Waals surface area contributed by atoms with Gasteiger partial charge >= 0.3 is 11.9 Å². The number of carbonyl (C=O) groups excluding carboxylic acids is 3. The quantitative estimate of drug-likeness (QED) is 0.665. The second-order valence-electron chi connectivity index (χ2n) is 4.57. The maximum Gasteiger partial charge on any atom is 0.328 e. The molecule has 0 radical (unpaired) electrons. The van der Waals surface area contributed by atoms with E-state index in [9.17, 15) is 14.4 Å². The molecule has 1 aromatic rings. The fraction of sp³-hybridized carbons (Fsp3) is 0.533.